The molecule has 1 aliphatic heterocycles. The number of rotatable bonds is 2. The van der Waals surface area contributed by atoms with Crippen LogP contribution >= 0.6 is 0 Å². The Hall–Kier alpha value is -1.95. The Morgan fingerprint density at radius 3 is 2.67 bits per heavy atom. The van der Waals surface area contributed by atoms with E-state index in [0.717, 1.165) is 24.7 Å². The maximum Gasteiger partial charge on any atom is 0.250 e. The molecule has 2 aromatic rings. The molecule has 18 heavy (non-hydrogen) atoms. The molecule has 2 N–H and O–H groups in total. The van der Waals surface area contributed by atoms with Crippen molar-refractivity contribution in [2.75, 3.05) is 18.0 Å². The molecule has 2 atom stereocenters. The molecular weight excluding hydrogens is 228 g/mol. The van der Waals surface area contributed by atoms with E-state index in [4.69, 9.17) is 5.73 Å². The average Bonchev–Trinajstić information content (AvgIpc) is 2.98. The predicted octanol–water partition coefficient (Wildman–Crippen LogP) is 0.446. The zero-order chi connectivity index (χ0) is 12.5. The van der Waals surface area contributed by atoms with Crippen molar-refractivity contribution in [3.63, 3.8) is 0 Å². The van der Waals surface area contributed by atoms with E-state index in [-0.39, 0.29) is 6.04 Å². The minimum absolute atomic E-state index is 0.186. The fraction of sp³-hybridized carbons (Fsp3) is 0.417. The van der Waals surface area contributed by atoms with Crippen LogP contribution in [0, 0.1) is 5.92 Å². The highest BCUT2D eigenvalue weighted by atomic mass is 15.6. The molecule has 1 aliphatic rings. The van der Waals surface area contributed by atoms with Crippen LogP contribution in [0.15, 0.2) is 30.3 Å². The summed E-state index contributed by atoms with van der Waals surface area (Å²) in [5, 5.41) is 11.9. The van der Waals surface area contributed by atoms with Crippen molar-refractivity contribution in [3.05, 3.63) is 30.3 Å². The van der Waals surface area contributed by atoms with E-state index in [1.54, 1.807) is 4.68 Å². The van der Waals surface area contributed by atoms with Crippen LogP contribution < -0.4 is 10.6 Å². The molecule has 94 valence electrons. The summed E-state index contributed by atoms with van der Waals surface area (Å²) in [6.07, 6.45) is 0. The fourth-order valence-electron chi connectivity index (χ4n) is 2.27. The number of hydrogen-bond donors (Lipinski definition) is 1. The summed E-state index contributed by atoms with van der Waals surface area (Å²) < 4.78 is 1.75. The van der Waals surface area contributed by atoms with Crippen molar-refractivity contribution in [2.24, 2.45) is 11.7 Å². The summed E-state index contributed by atoms with van der Waals surface area (Å²) in [7, 11) is 0. The lowest BCUT2D eigenvalue weighted by molar-refractivity contribution is 0.565. The van der Waals surface area contributed by atoms with Gasteiger partial charge >= 0.3 is 0 Å². The van der Waals surface area contributed by atoms with Crippen molar-refractivity contribution < 1.29 is 0 Å². The lowest BCUT2D eigenvalue weighted by Crippen LogP contribution is -2.29. The van der Waals surface area contributed by atoms with Crippen molar-refractivity contribution in [1.29, 1.82) is 0 Å². The van der Waals surface area contributed by atoms with Crippen LogP contribution in [-0.4, -0.2) is 39.3 Å². The van der Waals surface area contributed by atoms with Crippen LogP contribution in [0.25, 0.3) is 5.69 Å². The number of tetrazole rings is 1. The number of nitrogens with zero attached hydrogens (tertiary/aromatic N) is 5. The molecule has 2 heterocycles. The first kappa shape index (κ1) is 11.2. The van der Waals surface area contributed by atoms with E-state index < -0.39 is 0 Å². The smallest absolute Gasteiger partial charge is 0.250 e. The van der Waals surface area contributed by atoms with Crippen LogP contribution in [0.5, 0.6) is 0 Å². The minimum atomic E-state index is 0.186. The molecule has 1 aromatic heterocycles. The maximum atomic E-state index is 6.04. The molecule has 1 saturated heterocycles. The van der Waals surface area contributed by atoms with Crippen molar-refractivity contribution >= 4 is 5.95 Å². The number of aromatic nitrogens is 4. The van der Waals surface area contributed by atoms with Gasteiger partial charge in [0.25, 0.3) is 0 Å². The Kier molecular flexibility index (Phi) is 2.71. The lowest BCUT2D eigenvalue weighted by atomic mass is 10.1. The van der Waals surface area contributed by atoms with Gasteiger partial charge in [0.15, 0.2) is 0 Å². The maximum absolute atomic E-state index is 6.04. The Morgan fingerprint density at radius 1 is 1.22 bits per heavy atom. The number of nitrogens with two attached hydrogens (primary N) is 1. The SMILES string of the molecule is CC1CN(c2nnnn2-c2ccccc2)CC1N. The minimum Gasteiger partial charge on any atom is -0.337 e. The van der Waals surface area contributed by atoms with E-state index in [9.17, 15) is 0 Å². The molecule has 6 nitrogen and oxygen atoms in total. The third-order valence-corrected chi connectivity index (χ3v) is 3.41. The van der Waals surface area contributed by atoms with Gasteiger partial charge in [-0.15, -0.1) is 0 Å². The van der Waals surface area contributed by atoms with E-state index in [1.165, 1.54) is 0 Å². The van der Waals surface area contributed by atoms with Gasteiger partial charge in [0, 0.05) is 19.1 Å². The van der Waals surface area contributed by atoms with Gasteiger partial charge in [-0.2, -0.15) is 4.68 Å². The number of anilines is 1. The van der Waals surface area contributed by atoms with Crippen molar-refractivity contribution in [1.82, 2.24) is 20.2 Å². The Balaban J connectivity index is 1.93. The predicted molar refractivity (Wildman–Crippen MR) is 68.5 cm³/mol. The Bertz CT molecular complexity index is 512. The molecule has 0 spiro atoms. The van der Waals surface area contributed by atoms with Crippen molar-refractivity contribution in [3.8, 4) is 5.69 Å². The summed E-state index contributed by atoms with van der Waals surface area (Å²) in [6.45, 7) is 3.85. The Morgan fingerprint density at radius 2 is 2.00 bits per heavy atom. The van der Waals surface area contributed by atoms with Crippen LogP contribution in [-0.2, 0) is 0 Å². The molecule has 0 radical (unpaired) electrons. The van der Waals surface area contributed by atoms with E-state index >= 15 is 0 Å². The summed E-state index contributed by atoms with van der Waals surface area (Å²) in [5.74, 6) is 1.23. The van der Waals surface area contributed by atoms with Crippen LogP contribution in [0.1, 0.15) is 6.92 Å². The highest BCUT2D eigenvalue weighted by Crippen LogP contribution is 2.22. The van der Waals surface area contributed by atoms with Gasteiger partial charge in [-0.1, -0.05) is 30.2 Å². The molecule has 0 amide bonds. The standard InChI is InChI=1S/C12H16N6/c1-9-7-17(8-11(9)13)12-14-15-16-18(12)10-5-3-2-4-6-10/h2-6,9,11H,7-8,13H2,1H3. The first-order valence-corrected chi connectivity index (χ1v) is 6.10. The number of benzene rings is 1. The van der Waals surface area contributed by atoms with Gasteiger partial charge in [0.2, 0.25) is 5.95 Å². The largest absolute Gasteiger partial charge is 0.337 e. The highest BCUT2D eigenvalue weighted by Gasteiger charge is 2.30. The number of hydrogen-bond acceptors (Lipinski definition) is 5. The zero-order valence-corrected chi connectivity index (χ0v) is 10.3. The summed E-state index contributed by atoms with van der Waals surface area (Å²) in [5.41, 5.74) is 7.01. The highest BCUT2D eigenvalue weighted by molar-refractivity contribution is 5.41. The molecule has 1 aromatic carbocycles. The molecule has 1 fully saturated rings. The lowest BCUT2D eigenvalue weighted by Gasteiger charge is -2.16. The summed E-state index contributed by atoms with van der Waals surface area (Å²) >= 11 is 0. The van der Waals surface area contributed by atoms with Gasteiger partial charge in [0.1, 0.15) is 0 Å². The van der Waals surface area contributed by atoms with Crippen LogP contribution in [0.3, 0.4) is 0 Å². The van der Waals surface area contributed by atoms with Crippen LogP contribution in [0.2, 0.25) is 0 Å². The third-order valence-electron chi connectivity index (χ3n) is 3.41. The Labute approximate surface area is 105 Å². The van der Waals surface area contributed by atoms with Gasteiger partial charge in [0.05, 0.1) is 5.69 Å². The van der Waals surface area contributed by atoms with E-state index in [1.807, 2.05) is 30.3 Å². The molecule has 3 rings (SSSR count). The fourth-order valence-corrected chi connectivity index (χ4v) is 2.27. The van der Waals surface area contributed by atoms with Crippen LogP contribution in [0.4, 0.5) is 5.95 Å². The van der Waals surface area contributed by atoms with Gasteiger partial charge in [-0.3, -0.25) is 0 Å². The topological polar surface area (TPSA) is 72.9 Å². The third kappa shape index (κ3) is 1.84. The van der Waals surface area contributed by atoms with Gasteiger partial charge in [-0.05, 0) is 28.5 Å². The first-order valence-electron chi connectivity index (χ1n) is 6.10. The zero-order valence-electron chi connectivity index (χ0n) is 10.3. The van der Waals surface area contributed by atoms with Crippen molar-refractivity contribution in [2.45, 2.75) is 13.0 Å². The second-order valence-corrected chi connectivity index (χ2v) is 4.77. The van der Waals surface area contributed by atoms with E-state index in [2.05, 4.69) is 27.3 Å². The first-order chi connectivity index (χ1) is 8.75. The molecule has 0 saturated carbocycles. The molecule has 2 unspecified atom stereocenters. The molecule has 6 heteroatoms. The second kappa shape index (κ2) is 4.38. The van der Waals surface area contributed by atoms with Gasteiger partial charge < -0.3 is 10.6 Å². The normalized spacial score (nSPS) is 23.6. The summed E-state index contributed by atoms with van der Waals surface area (Å²) in [4.78, 5) is 2.14. The average molecular weight is 244 g/mol. The summed E-state index contributed by atoms with van der Waals surface area (Å²) in [6, 6.07) is 10.1. The van der Waals surface area contributed by atoms with Gasteiger partial charge in [-0.25, -0.2) is 0 Å². The molecule has 0 aliphatic carbocycles. The van der Waals surface area contributed by atoms with E-state index in [0.29, 0.717) is 5.92 Å². The number of para-hydroxylation sites is 1. The second-order valence-electron chi connectivity index (χ2n) is 4.77. The quantitative estimate of drug-likeness (QED) is 0.830. The monoisotopic (exact) mass is 244 g/mol. The molecular formula is C12H16N6. The molecule has 0 bridgehead atoms.